The number of rotatable bonds is 7. The van der Waals surface area contributed by atoms with Gasteiger partial charge >= 0.3 is 0 Å². The third-order valence-corrected chi connectivity index (χ3v) is 6.26. The zero-order chi connectivity index (χ0) is 20.1. The molecule has 156 valence electrons. The summed E-state index contributed by atoms with van der Waals surface area (Å²) < 4.78 is 7.84. The van der Waals surface area contributed by atoms with E-state index in [4.69, 9.17) is 9.84 Å². The normalized spacial score (nSPS) is 17.2. The van der Waals surface area contributed by atoms with Gasteiger partial charge in [0.05, 0.1) is 6.20 Å². The molecule has 1 aliphatic heterocycles. The Bertz CT molecular complexity index is 814. The molecule has 0 radical (unpaired) electrons. The highest BCUT2D eigenvalue weighted by atomic mass is 16.5. The number of aromatic nitrogens is 4. The van der Waals surface area contributed by atoms with Gasteiger partial charge in [-0.1, -0.05) is 32.1 Å². The molecule has 0 bridgehead atoms. The molecule has 1 aliphatic carbocycles. The number of carbonyl (C=O) groups is 1. The van der Waals surface area contributed by atoms with E-state index in [0.29, 0.717) is 25.5 Å². The van der Waals surface area contributed by atoms with Gasteiger partial charge in [0.1, 0.15) is 12.3 Å². The summed E-state index contributed by atoms with van der Waals surface area (Å²) in [6.45, 7) is 4.69. The molecule has 0 unspecified atom stereocenters. The average molecular weight is 398 g/mol. The molecule has 7 heteroatoms. The number of aryl methyl sites for hydroxylation is 1. The predicted octanol–water partition coefficient (Wildman–Crippen LogP) is 3.52. The second-order valence-electron chi connectivity index (χ2n) is 8.13. The Morgan fingerprint density at radius 3 is 2.86 bits per heavy atom. The van der Waals surface area contributed by atoms with Crippen molar-refractivity contribution in [2.45, 2.75) is 78.0 Å². The first-order chi connectivity index (χ1) is 14.2. The lowest BCUT2D eigenvalue weighted by Crippen LogP contribution is -2.36. The average Bonchev–Trinajstić information content (AvgIpc) is 3.14. The van der Waals surface area contributed by atoms with Crippen molar-refractivity contribution in [1.29, 1.82) is 0 Å². The van der Waals surface area contributed by atoms with E-state index in [2.05, 4.69) is 21.6 Å². The fourth-order valence-corrected chi connectivity index (χ4v) is 4.62. The van der Waals surface area contributed by atoms with Crippen molar-refractivity contribution < 1.29 is 9.53 Å². The van der Waals surface area contributed by atoms with E-state index in [1.165, 1.54) is 37.8 Å². The van der Waals surface area contributed by atoms with Crippen LogP contribution in [0.1, 0.15) is 68.8 Å². The first-order valence-corrected chi connectivity index (χ1v) is 11.0. The van der Waals surface area contributed by atoms with Crippen molar-refractivity contribution in [3.05, 3.63) is 35.5 Å². The quantitative estimate of drug-likeness (QED) is 0.715. The Morgan fingerprint density at radius 1 is 1.24 bits per heavy atom. The van der Waals surface area contributed by atoms with E-state index in [1.54, 1.807) is 18.6 Å². The fraction of sp³-hybridized carbons (Fsp3) is 0.636. The maximum absolute atomic E-state index is 12.9. The van der Waals surface area contributed by atoms with Crippen LogP contribution in [0.25, 0.3) is 0 Å². The molecule has 0 aromatic carbocycles. The van der Waals surface area contributed by atoms with E-state index < -0.39 is 0 Å². The van der Waals surface area contributed by atoms with Crippen LogP contribution >= 0.6 is 0 Å². The highest BCUT2D eigenvalue weighted by molar-refractivity contribution is 5.76. The number of fused-ring (bicyclic) bond motifs is 1. The second-order valence-corrected chi connectivity index (χ2v) is 8.13. The van der Waals surface area contributed by atoms with Gasteiger partial charge in [0.15, 0.2) is 0 Å². The zero-order valence-electron chi connectivity index (χ0n) is 17.3. The summed E-state index contributed by atoms with van der Waals surface area (Å²) in [4.78, 5) is 23.1. The van der Waals surface area contributed by atoms with Gasteiger partial charge in [-0.05, 0) is 19.3 Å². The number of carbonyl (C=O) groups excluding carboxylic acids is 1. The second kappa shape index (κ2) is 9.37. The minimum Gasteiger partial charge on any atom is -0.470 e. The SMILES string of the molecule is CCn1nc(COc2cnccn2)c2c1CCN(C(=O)CCC1CCCCC1)C2. The summed E-state index contributed by atoms with van der Waals surface area (Å²) in [7, 11) is 0. The number of hydrogen-bond donors (Lipinski definition) is 0. The third-order valence-electron chi connectivity index (χ3n) is 6.26. The lowest BCUT2D eigenvalue weighted by Gasteiger charge is -2.29. The van der Waals surface area contributed by atoms with Gasteiger partial charge in [0, 0.05) is 56.1 Å². The molecule has 3 heterocycles. The Morgan fingerprint density at radius 2 is 2.10 bits per heavy atom. The van der Waals surface area contributed by atoms with E-state index in [1.807, 2.05) is 4.90 Å². The van der Waals surface area contributed by atoms with Gasteiger partial charge in [0.2, 0.25) is 11.8 Å². The predicted molar refractivity (Wildman–Crippen MR) is 109 cm³/mol. The molecule has 4 rings (SSSR count). The highest BCUT2D eigenvalue weighted by Crippen LogP contribution is 2.29. The summed E-state index contributed by atoms with van der Waals surface area (Å²) in [6.07, 6.45) is 14.0. The summed E-state index contributed by atoms with van der Waals surface area (Å²) in [5.74, 6) is 1.52. The molecule has 2 aromatic heterocycles. The van der Waals surface area contributed by atoms with E-state index in [0.717, 1.165) is 43.1 Å². The van der Waals surface area contributed by atoms with Crippen LogP contribution in [0.2, 0.25) is 0 Å². The van der Waals surface area contributed by atoms with Crippen LogP contribution in [0.4, 0.5) is 0 Å². The topological polar surface area (TPSA) is 73.1 Å². The van der Waals surface area contributed by atoms with Crippen molar-refractivity contribution in [2.24, 2.45) is 5.92 Å². The Hall–Kier alpha value is -2.44. The van der Waals surface area contributed by atoms with Crippen LogP contribution < -0.4 is 4.74 Å². The number of amides is 1. The van der Waals surface area contributed by atoms with Crippen LogP contribution in [-0.4, -0.2) is 37.1 Å². The molecule has 29 heavy (non-hydrogen) atoms. The van der Waals surface area contributed by atoms with Gasteiger partial charge < -0.3 is 9.64 Å². The summed E-state index contributed by atoms with van der Waals surface area (Å²) in [5.41, 5.74) is 3.28. The minimum absolute atomic E-state index is 0.284. The van der Waals surface area contributed by atoms with Gasteiger partial charge in [-0.25, -0.2) is 4.98 Å². The van der Waals surface area contributed by atoms with E-state index in [9.17, 15) is 4.79 Å². The van der Waals surface area contributed by atoms with Crippen LogP contribution in [0.3, 0.4) is 0 Å². The third kappa shape index (κ3) is 4.77. The molecule has 1 fully saturated rings. The molecule has 1 saturated carbocycles. The number of hydrogen-bond acceptors (Lipinski definition) is 5. The Balaban J connectivity index is 1.40. The van der Waals surface area contributed by atoms with Crippen LogP contribution in [0, 0.1) is 5.92 Å². The van der Waals surface area contributed by atoms with Crippen LogP contribution in [-0.2, 0) is 30.9 Å². The summed E-state index contributed by atoms with van der Waals surface area (Å²) in [6, 6.07) is 0. The fourth-order valence-electron chi connectivity index (χ4n) is 4.62. The van der Waals surface area contributed by atoms with E-state index >= 15 is 0 Å². The van der Waals surface area contributed by atoms with Gasteiger partial charge in [-0.2, -0.15) is 5.10 Å². The number of nitrogens with zero attached hydrogens (tertiary/aromatic N) is 5. The molecule has 2 aromatic rings. The molecular formula is C22H31N5O2. The first kappa shape index (κ1) is 19.9. The largest absolute Gasteiger partial charge is 0.470 e. The summed E-state index contributed by atoms with van der Waals surface area (Å²) in [5, 5.41) is 4.74. The van der Waals surface area contributed by atoms with Crippen LogP contribution in [0.15, 0.2) is 18.6 Å². The lowest BCUT2D eigenvalue weighted by molar-refractivity contribution is -0.132. The van der Waals surface area contributed by atoms with Gasteiger partial charge in [-0.15, -0.1) is 0 Å². The molecular weight excluding hydrogens is 366 g/mol. The van der Waals surface area contributed by atoms with Crippen molar-refractivity contribution in [2.75, 3.05) is 6.54 Å². The van der Waals surface area contributed by atoms with Crippen LogP contribution in [0.5, 0.6) is 5.88 Å². The molecule has 7 nitrogen and oxygen atoms in total. The van der Waals surface area contributed by atoms with Crippen molar-refractivity contribution >= 4 is 5.91 Å². The minimum atomic E-state index is 0.284. The maximum Gasteiger partial charge on any atom is 0.232 e. The van der Waals surface area contributed by atoms with Crippen molar-refractivity contribution in [3.63, 3.8) is 0 Å². The molecule has 2 aliphatic rings. The van der Waals surface area contributed by atoms with Gasteiger partial charge in [-0.3, -0.25) is 14.5 Å². The lowest BCUT2D eigenvalue weighted by atomic mass is 9.86. The number of ether oxygens (including phenoxy) is 1. The Kier molecular flexibility index (Phi) is 6.42. The highest BCUT2D eigenvalue weighted by Gasteiger charge is 2.27. The van der Waals surface area contributed by atoms with Gasteiger partial charge in [0.25, 0.3) is 0 Å². The standard InChI is InChI=1S/C22H31N5O2/c1-2-27-20-10-13-26(22(28)9-8-17-6-4-3-5-7-17)15-18(20)19(25-27)16-29-21-14-23-11-12-24-21/h11-12,14,17H,2-10,13,15-16H2,1H3. The van der Waals surface area contributed by atoms with Crippen molar-refractivity contribution in [1.82, 2.24) is 24.6 Å². The Labute approximate surface area is 172 Å². The zero-order valence-corrected chi connectivity index (χ0v) is 17.3. The van der Waals surface area contributed by atoms with Crippen molar-refractivity contribution in [3.8, 4) is 5.88 Å². The molecule has 0 spiro atoms. The maximum atomic E-state index is 12.9. The van der Waals surface area contributed by atoms with E-state index in [-0.39, 0.29) is 5.91 Å². The molecule has 0 atom stereocenters. The molecule has 0 N–H and O–H groups in total. The monoisotopic (exact) mass is 397 g/mol. The molecule has 0 saturated heterocycles. The molecule has 1 amide bonds. The summed E-state index contributed by atoms with van der Waals surface area (Å²) >= 11 is 0. The first-order valence-electron chi connectivity index (χ1n) is 11.0. The smallest absolute Gasteiger partial charge is 0.232 e.